The van der Waals surface area contributed by atoms with Crippen molar-refractivity contribution in [1.29, 1.82) is 0 Å². The monoisotopic (exact) mass is 309 g/mol. The van der Waals surface area contributed by atoms with Crippen molar-refractivity contribution < 1.29 is 14.3 Å². The number of anilines is 1. The molecule has 0 saturated heterocycles. The summed E-state index contributed by atoms with van der Waals surface area (Å²) in [7, 11) is 1.52. The first-order valence-corrected chi connectivity index (χ1v) is 7.81. The predicted octanol–water partition coefficient (Wildman–Crippen LogP) is 3.68. The van der Waals surface area contributed by atoms with Crippen LogP contribution in [-0.2, 0) is 0 Å². The molecule has 0 amide bonds. The predicted molar refractivity (Wildman–Crippen MR) is 89.7 cm³/mol. The molecule has 23 heavy (non-hydrogen) atoms. The van der Waals surface area contributed by atoms with Crippen LogP contribution in [0.3, 0.4) is 0 Å². The summed E-state index contributed by atoms with van der Waals surface area (Å²) in [5, 5.41) is 3.29. The van der Waals surface area contributed by atoms with E-state index >= 15 is 0 Å². The molecular weight excluding hydrogens is 290 g/mol. The summed E-state index contributed by atoms with van der Waals surface area (Å²) in [4.78, 5) is 25.5. The van der Waals surface area contributed by atoms with Crippen molar-refractivity contribution >= 4 is 17.3 Å². The standard InChI is InChI=1S/C19H19NO3/c1-3-4-9-20-12-10-15-17(16(11-12)23-2)19(22)14-8-6-5-7-13(14)18(15)21/h5-8,10-11,20H,3-4,9H2,1-2H3. The molecule has 3 rings (SSSR count). The lowest BCUT2D eigenvalue weighted by atomic mass is 9.83. The minimum atomic E-state index is -0.160. The van der Waals surface area contributed by atoms with Gasteiger partial charge in [0, 0.05) is 35.0 Å². The zero-order valence-corrected chi connectivity index (χ0v) is 13.3. The molecule has 1 N–H and O–H groups in total. The van der Waals surface area contributed by atoms with Crippen LogP contribution in [0.15, 0.2) is 36.4 Å². The van der Waals surface area contributed by atoms with Crippen LogP contribution in [0.25, 0.3) is 0 Å². The minimum absolute atomic E-state index is 0.132. The van der Waals surface area contributed by atoms with Gasteiger partial charge in [0.15, 0.2) is 11.6 Å². The van der Waals surface area contributed by atoms with Crippen molar-refractivity contribution in [2.75, 3.05) is 19.0 Å². The molecule has 1 aliphatic carbocycles. The Labute approximate surface area is 135 Å². The molecule has 0 radical (unpaired) electrons. The number of rotatable bonds is 5. The van der Waals surface area contributed by atoms with Crippen molar-refractivity contribution in [3.8, 4) is 5.75 Å². The maximum atomic E-state index is 12.8. The molecular formula is C19H19NO3. The summed E-state index contributed by atoms with van der Waals surface area (Å²) in [5.74, 6) is 0.147. The molecule has 0 aliphatic heterocycles. The highest BCUT2D eigenvalue weighted by Gasteiger charge is 2.32. The Morgan fingerprint density at radius 2 is 1.70 bits per heavy atom. The van der Waals surface area contributed by atoms with Gasteiger partial charge in [-0.1, -0.05) is 37.6 Å². The first kappa shape index (κ1) is 15.3. The third-order valence-corrected chi connectivity index (χ3v) is 4.07. The number of benzene rings is 2. The van der Waals surface area contributed by atoms with Crippen molar-refractivity contribution in [3.63, 3.8) is 0 Å². The van der Waals surface area contributed by atoms with E-state index in [0.29, 0.717) is 28.0 Å². The Balaban J connectivity index is 2.10. The molecule has 0 unspecified atom stereocenters. The number of hydrogen-bond acceptors (Lipinski definition) is 4. The first-order chi connectivity index (χ1) is 11.2. The van der Waals surface area contributed by atoms with Crippen LogP contribution in [0.5, 0.6) is 5.75 Å². The molecule has 0 saturated carbocycles. The number of carbonyl (C=O) groups is 2. The summed E-state index contributed by atoms with van der Waals surface area (Å²) in [6, 6.07) is 10.5. The third kappa shape index (κ3) is 2.61. The number of hydrogen-bond donors (Lipinski definition) is 1. The third-order valence-electron chi connectivity index (χ3n) is 4.07. The summed E-state index contributed by atoms with van der Waals surface area (Å²) in [5.41, 5.74) is 2.46. The van der Waals surface area contributed by atoms with Crippen LogP contribution in [-0.4, -0.2) is 25.2 Å². The van der Waals surface area contributed by atoms with Gasteiger partial charge in [0.2, 0.25) is 0 Å². The molecule has 0 heterocycles. The highest BCUT2D eigenvalue weighted by atomic mass is 16.5. The Kier molecular flexibility index (Phi) is 4.15. The fourth-order valence-corrected chi connectivity index (χ4v) is 2.86. The first-order valence-electron chi connectivity index (χ1n) is 7.81. The number of carbonyl (C=O) groups excluding carboxylic acids is 2. The second-order valence-electron chi connectivity index (χ2n) is 5.59. The Morgan fingerprint density at radius 3 is 2.35 bits per heavy atom. The molecule has 1 aliphatic rings. The van der Waals surface area contributed by atoms with Gasteiger partial charge < -0.3 is 10.1 Å². The highest BCUT2D eigenvalue weighted by molar-refractivity contribution is 6.29. The van der Waals surface area contributed by atoms with Crippen LogP contribution in [0.2, 0.25) is 0 Å². The van der Waals surface area contributed by atoms with Crippen LogP contribution in [0, 0.1) is 0 Å². The van der Waals surface area contributed by atoms with E-state index in [2.05, 4.69) is 12.2 Å². The summed E-state index contributed by atoms with van der Waals surface area (Å²) in [6.07, 6.45) is 2.12. The summed E-state index contributed by atoms with van der Waals surface area (Å²) in [6.45, 7) is 2.94. The molecule has 2 aromatic carbocycles. The van der Waals surface area contributed by atoms with Gasteiger partial charge in [-0.05, 0) is 12.5 Å². The highest BCUT2D eigenvalue weighted by Crippen LogP contribution is 2.35. The number of methoxy groups -OCH3 is 1. The van der Waals surface area contributed by atoms with Crippen LogP contribution in [0.4, 0.5) is 5.69 Å². The molecule has 4 nitrogen and oxygen atoms in total. The van der Waals surface area contributed by atoms with Gasteiger partial charge in [-0.25, -0.2) is 0 Å². The number of unbranched alkanes of at least 4 members (excludes halogenated alkanes) is 1. The number of nitrogens with one attached hydrogen (secondary N) is 1. The smallest absolute Gasteiger partial charge is 0.198 e. The average Bonchev–Trinajstić information content (AvgIpc) is 2.59. The van der Waals surface area contributed by atoms with Gasteiger partial charge >= 0.3 is 0 Å². The Hall–Kier alpha value is -2.62. The molecule has 0 bridgehead atoms. The Bertz CT molecular complexity index is 780. The van der Waals surface area contributed by atoms with Crippen LogP contribution < -0.4 is 10.1 Å². The summed E-state index contributed by atoms with van der Waals surface area (Å²) >= 11 is 0. The topological polar surface area (TPSA) is 55.4 Å². The van der Waals surface area contributed by atoms with E-state index in [1.165, 1.54) is 7.11 Å². The molecule has 0 atom stereocenters. The van der Waals surface area contributed by atoms with Crippen LogP contribution in [0.1, 0.15) is 51.6 Å². The largest absolute Gasteiger partial charge is 0.496 e. The van der Waals surface area contributed by atoms with E-state index in [1.807, 2.05) is 0 Å². The number of fused-ring (bicyclic) bond motifs is 2. The lowest BCUT2D eigenvalue weighted by Gasteiger charge is -2.21. The van der Waals surface area contributed by atoms with Crippen molar-refractivity contribution in [2.45, 2.75) is 19.8 Å². The zero-order valence-electron chi connectivity index (χ0n) is 13.3. The van der Waals surface area contributed by atoms with Gasteiger partial charge in [0.05, 0.1) is 12.7 Å². The molecule has 118 valence electrons. The quantitative estimate of drug-likeness (QED) is 0.730. The van der Waals surface area contributed by atoms with Crippen molar-refractivity contribution in [2.24, 2.45) is 0 Å². The van der Waals surface area contributed by atoms with Gasteiger partial charge in [-0.3, -0.25) is 9.59 Å². The molecule has 4 heteroatoms. The molecule has 2 aromatic rings. The summed E-state index contributed by atoms with van der Waals surface area (Å²) < 4.78 is 5.38. The van der Waals surface area contributed by atoms with E-state index in [4.69, 9.17) is 4.74 Å². The van der Waals surface area contributed by atoms with Gasteiger partial charge in [0.1, 0.15) is 5.75 Å². The number of ether oxygens (including phenoxy) is 1. The fraction of sp³-hybridized carbons (Fsp3) is 0.263. The second kappa shape index (κ2) is 6.24. The average molecular weight is 309 g/mol. The molecule has 0 fully saturated rings. The lowest BCUT2D eigenvalue weighted by molar-refractivity contribution is 0.0976. The Morgan fingerprint density at radius 1 is 1.00 bits per heavy atom. The molecule has 0 aromatic heterocycles. The zero-order chi connectivity index (χ0) is 16.4. The van der Waals surface area contributed by atoms with E-state index in [0.717, 1.165) is 25.1 Å². The second-order valence-corrected chi connectivity index (χ2v) is 5.59. The van der Waals surface area contributed by atoms with E-state index < -0.39 is 0 Å². The van der Waals surface area contributed by atoms with E-state index in [-0.39, 0.29) is 11.6 Å². The normalized spacial score (nSPS) is 12.6. The fourth-order valence-electron chi connectivity index (χ4n) is 2.86. The lowest BCUT2D eigenvalue weighted by Crippen LogP contribution is -2.22. The maximum Gasteiger partial charge on any atom is 0.198 e. The van der Waals surface area contributed by atoms with Crippen molar-refractivity contribution in [1.82, 2.24) is 0 Å². The number of ketones is 2. The van der Waals surface area contributed by atoms with Gasteiger partial charge in [-0.15, -0.1) is 0 Å². The van der Waals surface area contributed by atoms with Crippen molar-refractivity contribution in [3.05, 3.63) is 58.7 Å². The minimum Gasteiger partial charge on any atom is -0.496 e. The van der Waals surface area contributed by atoms with Gasteiger partial charge in [-0.2, -0.15) is 0 Å². The SMILES string of the molecule is CCCCNc1cc(OC)c2c(c1)C(=O)c1ccccc1C2=O. The molecule has 0 spiro atoms. The van der Waals surface area contributed by atoms with E-state index in [9.17, 15) is 9.59 Å². The maximum absolute atomic E-state index is 12.8. The van der Waals surface area contributed by atoms with Gasteiger partial charge in [0.25, 0.3) is 0 Å². The van der Waals surface area contributed by atoms with Crippen LogP contribution >= 0.6 is 0 Å². The van der Waals surface area contributed by atoms with E-state index in [1.54, 1.807) is 36.4 Å².